The molecule has 0 saturated carbocycles. The van der Waals surface area contributed by atoms with Gasteiger partial charge in [0.1, 0.15) is 0 Å². The smallest absolute Gasteiger partial charge is 0.213 e. The van der Waals surface area contributed by atoms with Crippen LogP contribution in [0.5, 0.6) is 5.88 Å². The second-order valence-corrected chi connectivity index (χ2v) is 5.30. The Labute approximate surface area is 119 Å². The highest BCUT2D eigenvalue weighted by Gasteiger charge is 2.11. The van der Waals surface area contributed by atoms with E-state index in [2.05, 4.69) is 9.97 Å². The second-order valence-electron chi connectivity index (χ2n) is 4.47. The normalized spacial score (nSPS) is 11.3. The van der Waals surface area contributed by atoms with Crippen molar-refractivity contribution in [2.24, 2.45) is 7.05 Å². The summed E-state index contributed by atoms with van der Waals surface area (Å²) in [6.07, 6.45) is 2.50. The first-order valence-corrected chi connectivity index (χ1v) is 6.57. The van der Waals surface area contributed by atoms with Gasteiger partial charge < -0.3 is 15.1 Å². The number of benzene rings is 1. The lowest BCUT2D eigenvalue weighted by Crippen LogP contribution is -1.89. The molecule has 0 saturated heterocycles. The van der Waals surface area contributed by atoms with Crippen LogP contribution in [0.3, 0.4) is 0 Å². The number of halogens is 1. The summed E-state index contributed by atoms with van der Waals surface area (Å²) in [5.41, 5.74) is 2.78. The van der Waals surface area contributed by atoms with Gasteiger partial charge in [0, 0.05) is 35.6 Å². The zero-order valence-corrected chi connectivity index (χ0v) is 11.8. The number of hydrogen-bond donors (Lipinski definition) is 3. The summed E-state index contributed by atoms with van der Waals surface area (Å²) >= 11 is 11.0. The van der Waals surface area contributed by atoms with Crippen molar-refractivity contribution >= 4 is 34.7 Å². The number of aromatic hydroxyl groups is 1. The van der Waals surface area contributed by atoms with Crippen molar-refractivity contribution in [3.63, 3.8) is 0 Å². The molecule has 3 aromatic rings. The molecular weight excluding hydrogens is 282 g/mol. The molecule has 0 fully saturated rings. The minimum atomic E-state index is 0.174. The minimum Gasteiger partial charge on any atom is -0.493 e. The van der Waals surface area contributed by atoms with Gasteiger partial charge in [0.25, 0.3) is 0 Å². The first kappa shape index (κ1) is 12.3. The Morgan fingerprint density at radius 1 is 1.42 bits per heavy atom. The molecule has 1 aromatic carbocycles. The molecule has 3 N–H and O–H groups in total. The zero-order chi connectivity index (χ0) is 13.6. The van der Waals surface area contributed by atoms with E-state index in [1.807, 2.05) is 24.4 Å². The summed E-state index contributed by atoms with van der Waals surface area (Å²) in [4.78, 5) is 6.19. The van der Waals surface area contributed by atoms with E-state index in [0.717, 1.165) is 16.5 Å². The molecule has 4 nitrogen and oxygen atoms in total. The molecular formula is C13H12ClN3OS. The van der Waals surface area contributed by atoms with Gasteiger partial charge in [0.05, 0.1) is 5.69 Å². The van der Waals surface area contributed by atoms with Crippen molar-refractivity contribution in [3.8, 4) is 5.88 Å². The van der Waals surface area contributed by atoms with Crippen molar-refractivity contribution in [2.75, 3.05) is 0 Å². The van der Waals surface area contributed by atoms with Crippen molar-refractivity contribution in [3.05, 3.63) is 45.4 Å². The van der Waals surface area contributed by atoms with Crippen LogP contribution in [0.25, 0.3) is 10.9 Å². The summed E-state index contributed by atoms with van der Waals surface area (Å²) < 4.78 is 2.06. The molecule has 0 bridgehead atoms. The molecule has 2 heterocycles. The van der Waals surface area contributed by atoms with Crippen LogP contribution >= 0.6 is 23.8 Å². The predicted octanol–water partition coefficient (Wildman–Crippen LogP) is 3.51. The third kappa shape index (κ3) is 2.05. The number of aromatic amines is 2. The maximum atomic E-state index is 9.97. The van der Waals surface area contributed by atoms with Crippen LogP contribution in [-0.2, 0) is 13.5 Å². The average molecular weight is 294 g/mol. The van der Waals surface area contributed by atoms with Gasteiger partial charge in [-0.3, -0.25) is 4.57 Å². The summed E-state index contributed by atoms with van der Waals surface area (Å²) in [5.74, 6) is 0.174. The fourth-order valence-corrected chi connectivity index (χ4v) is 2.57. The minimum absolute atomic E-state index is 0.174. The van der Waals surface area contributed by atoms with Crippen LogP contribution in [-0.4, -0.2) is 19.6 Å². The molecule has 0 atom stereocenters. The fourth-order valence-electron chi connectivity index (χ4n) is 2.19. The zero-order valence-electron chi connectivity index (χ0n) is 10.2. The Balaban J connectivity index is 2.06. The van der Waals surface area contributed by atoms with Crippen LogP contribution in [0.1, 0.15) is 11.3 Å². The number of rotatable bonds is 2. The van der Waals surface area contributed by atoms with Gasteiger partial charge >= 0.3 is 0 Å². The molecule has 0 aliphatic carbocycles. The Hall–Kier alpha value is -1.72. The Kier molecular flexibility index (Phi) is 2.88. The lowest BCUT2D eigenvalue weighted by atomic mass is 10.1. The van der Waals surface area contributed by atoms with E-state index >= 15 is 0 Å². The van der Waals surface area contributed by atoms with Crippen molar-refractivity contribution in [1.82, 2.24) is 14.5 Å². The van der Waals surface area contributed by atoms with Crippen LogP contribution < -0.4 is 0 Å². The fraction of sp³-hybridized carbons (Fsp3) is 0.154. The van der Waals surface area contributed by atoms with Crippen LogP contribution in [0.15, 0.2) is 24.4 Å². The van der Waals surface area contributed by atoms with E-state index in [1.165, 1.54) is 0 Å². The van der Waals surface area contributed by atoms with Crippen molar-refractivity contribution < 1.29 is 5.11 Å². The summed E-state index contributed by atoms with van der Waals surface area (Å²) in [5, 5.41) is 11.8. The van der Waals surface area contributed by atoms with Gasteiger partial charge in [-0.2, -0.15) is 0 Å². The molecule has 0 radical (unpaired) electrons. The average Bonchev–Trinajstić information content (AvgIpc) is 2.87. The maximum absolute atomic E-state index is 9.97. The van der Waals surface area contributed by atoms with Gasteiger partial charge in [0.2, 0.25) is 5.88 Å². The largest absolute Gasteiger partial charge is 0.493 e. The highest BCUT2D eigenvalue weighted by molar-refractivity contribution is 7.71. The third-order valence-electron chi connectivity index (χ3n) is 3.25. The molecule has 6 heteroatoms. The molecule has 0 unspecified atom stereocenters. The number of nitrogens with zero attached hydrogens (tertiary/aromatic N) is 1. The van der Waals surface area contributed by atoms with Crippen molar-refractivity contribution in [2.45, 2.75) is 6.42 Å². The lowest BCUT2D eigenvalue weighted by Gasteiger charge is -1.99. The Morgan fingerprint density at radius 3 is 2.89 bits per heavy atom. The van der Waals surface area contributed by atoms with Gasteiger partial charge in [-0.05, 0) is 29.9 Å². The first-order chi connectivity index (χ1) is 9.06. The van der Waals surface area contributed by atoms with Gasteiger partial charge in [-0.25, -0.2) is 0 Å². The van der Waals surface area contributed by atoms with Gasteiger partial charge in [0.15, 0.2) is 4.77 Å². The highest BCUT2D eigenvalue weighted by Crippen LogP contribution is 2.26. The van der Waals surface area contributed by atoms with E-state index in [4.69, 9.17) is 23.8 Å². The molecule has 3 rings (SSSR count). The maximum Gasteiger partial charge on any atom is 0.213 e. The summed E-state index contributed by atoms with van der Waals surface area (Å²) in [6.45, 7) is 0. The van der Waals surface area contributed by atoms with Crippen LogP contribution in [0.2, 0.25) is 5.02 Å². The molecule has 2 aromatic heterocycles. The first-order valence-electron chi connectivity index (χ1n) is 5.78. The number of imidazole rings is 1. The van der Waals surface area contributed by atoms with E-state index < -0.39 is 0 Å². The SMILES string of the molecule is Cn1c(O)c(Cc2c[nH]c3cc(Cl)ccc23)[nH]c1=S. The number of nitrogens with one attached hydrogen (secondary N) is 2. The molecule has 0 aliphatic rings. The molecule has 0 spiro atoms. The van der Waals surface area contributed by atoms with Gasteiger partial charge in [-0.15, -0.1) is 0 Å². The van der Waals surface area contributed by atoms with Gasteiger partial charge in [-0.1, -0.05) is 17.7 Å². The third-order valence-corrected chi connectivity index (χ3v) is 3.86. The lowest BCUT2D eigenvalue weighted by molar-refractivity contribution is 0.426. The monoisotopic (exact) mass is 293 g/mol. The van der Waals surface area contributed by atoms with Crippen LogP contribution in [0.4, 0.5) is 0 Å². The highest BCUT2D eigenvalue weighted by atomic mass is 35.5. The topological polar surface area (TPSA) is 56.7 Å². The van der Waals surface area contributed by atoms with Crippen molar-refractivity contribution in [1.29, 1.82) is 0 Å². The molecule has 0 amide bonds. The quantitative estimate of drug-likeness (QED) is 0.633. The number of hydrogen-bond acceptors (Lipinski definition) is 2. The number of fused-ring (bicyclic) bond motifs is 1. The number of aromatic nitrogens is 3. The van der Waals surface area contributed by atoms with E-state index in [-0.39, 0.29) is 5.88 Å². The standard InChI is InChI=1S/C13H12ClN3OS/c1-17-12(18)11(16-13(17)19)4-7-6-15-10-5-8(14)2-3-9(7)10/h2-3,5-6,15,18H,4H2,1H3,(H,16,19). The molecule has 0 aliphatic heterocycles. The Bertz CT molecular complexity index is 815. The van der Waals surface area contributed by atoms with Crippen LogP contribution in [0, 0.1) is 4.77 Å². The summed E-state index contributed by atoms with van der Waals surface area (Å²) in [6, 6.07) is 5.71. The molecule has 98 valence electrons. The predicted molar refractivity (Wildman–Crippen MR) is 78.4 cm³/mol. The second kappa shape index (κ2) is 4.43. The molecule has 19 heavy (non-hydrogen) atoms. The van der Waals surface area contributed by atoms with E-state index in [0.29, 0.717) is 21.9 Å². The summed E-state index contributed by atoms with van der Waals surface area (Å²) in [7, 11) is 1.73. The van der Waals surface area contributed by atoms with E-state index in [1.54, 1.807) is 11.6 Å². The Morgan fingerprint density at radius 2 is 2.21 bits per heavy atom. The van der Waals surface area contributed by atoms with E-state index in [9.17, 15) is 5.11 Å². The number of H-pyrrole nitrogens is 2.